The largest absolute Gasteiger partial charge is 0.461 e. The summed E-state index contributed by atoms with van der Waals surface area (Å²) in [5.74, 6) is -6.09. The summed E-state index contributed by atoms with van der Waals surface area (Å²) in [7, 11) is 4.65. The smallest absolute Gasteiger partial charge is 0.329 e. The number of piperidine rings is 1. The zero-order valence-electron chi connectivity index (χ0n) is 40.4. The number of ether oxygens (including phenoxy) is 5. The molecule has 1 amide bonds. The number of hydrogen-bond acceptors (Lipinski definition) is 12. The monoisotopic (exact) mass is 900 g/mol. The van der Waals surface area contributed by atoms with E-state index < -0.39 is 72.0 Å². The van der Waals surface area contributed by atoms with E-state index in [0.29, 0.717) is 76.2 Å². The Kier molecular flexibility index (Phi) is 21.1. The molecule has 15 unspecified atom stereocenters. The van der Waals surface area contributed by atoms with Crippen molar-refractivity contribution in [1.82, 2.24) is 4.90 Å². The highest BCUT2D eigenvalue weighted by atomic mass is 16.6. The van der Waals surface area contributed by atoms with Gasteiger partial charge in [-0.3, -0.25) is 14.4 Å². The zero-order valence-corrected chi connectivity index (χ0v) is 40.4. The van der Waals surface area contributed by atoms with Crippen molar-refractivity contribution >= 4 is 23.4 Å². The number of allylic oxidation sites excluding steroid dienone is 6. The predicted molar refractivity (Wildman–Crippen MR) is 245 cm³/mol. The third kappa shape index (κ3) is 14.2. The number of aliphatic hydroxyl groups excluding tert-OH is 2. The number of fused-ring (bicyclic) bond motifs is 3. The van der Waals surface area contributed by atoms with Gasteiger partial charge in [-0.25, -0.2) is 4.79 Å². The van der Waals surface area contributed by atoms with E-state index in [2.05, 4.69) is 6.92 Å². The van der Waals surface area contributed by atoms with Crippen LogP contribution < -0.4 is 0 Å². The summed E-state index contributed by atoms with van der Waals surface area (Å²) < 4.78 is 29.6. The minimum absolute atomic E-state index is 0.0678. The van der Waals surface area contributed by atoms with Crippen molar-refractivity contribution in [2.45, 2.75) is 186 Å². The Hall–Kier alpha value is -3.04. The van der Waals surface area contributed by atoms with E-state index in [9.17, 15) is 34.5 Å². The standard InChI is InChI=1S/C51H81NO12/c1-31-16-12-11-13-17-33(3)43(60-8)30-39-22-20-37(7)51(59,64-39)48(56)49(57)52-25-15-14-18-40(52)50(58)63-42(34(4)28-38-21-23-41(53)44(29-38)61-9)24-19-32(2)27-36(6)46(55)47(62-10)45(54)35(5)26-31/h11-13,16-17,27,31-32,34-35,37-44,46-47,53,55,59H,14-15,18-26,28-30H2,1-10H3/b13-11+,16-12+,33-17+,36-27+. The first-order valence-corrected chi connectivity index (χ1v) is 24.0. The van der Waals surface area contributed by atoms with Crippen LogP contribution in [0.1, 0.15) is 132 Å². The van der Waals surface area contributed by atoms with Crippen molar-refractivity contribution in [1.29, 1.82) is 0 Å². The van der Waals surface area contributed by atoms with Crippen LogP contribution in [-0.4, -0.2) is 126 Å². The Bertz CT molecular complexity index is 1670. The quantitative estimate of drug-likeness (QED) is 0.142. The Morgan fingerprint density at radius 2 is 1.55 bits per heavy atom. The van der Waals surface area contributed by atoms with Gasteiger partial charge in [0.25, 0.3) is 11.7 Å². The lowest BCUT2D eigenvalue weighted by molar-refractivity contribution is -0.265. The van der Waals surface area contributed by atoms with Gasteiger partial charge in [0.15, 0.2) is 5.78 Å². The van der Waals surface area contributed by atoms with Crippen LogP contribution in [0.5, 0.6) is 0 Å². The van der Waals surface area contributed by atoms with Gasteiger partial charge in [0.1, 0.15) is 24.4 Å². The van der Waals surface area contributed by atoms with E-state index in [-0.39, 0.29) is 48.0 Å². The van der Waals surface area contributed by atoms with Crippen molar-refractivity contribution in [2.75, 3.05) is 27.9 Å². The van der Waals surface area contributed by atoms with Gasteiger partial charge in [-0.05, 0) is 126 Å². The molecule has 1 saturated carbocycles. The van der Waals surface area contributed by atoms with Crippen molar-refractivity contribution in [2.24, 2.45) is 35.5 Å². The minimum Gasteiger partial charge on any atom is -0.461 e. The van der Waals surface area contributed by atoms with Crippen LogP contribution in [0.2, 0.25) is 0 Å². The molecule has 0 spiro atoms. The second-order valence-electron chi connectivity index (χ2n) is 19.7. The normalized spacial score (nSPS) is 40.8. The number of carbonyl (C=O) groups is 4. The van der Waals surface area contributed by atoms with E-state index in [1.807, 2.05) is 64.2 Å². The molecule has 0 aromatic rings. The first kappa shape index (κ1) is 53.6. The molecule has 1 aliphatic carbocycles. The summed E-state index contributed by atoms with van der Waals surface area (Å²) in [4.78, 5) is 57.8. The summed E-state index contributed by atoms with van der Waals surface area (Å²) in [6, 6.07) is -1.02. The van der Waals surface area contributed by atoms with Gasteiger partial charge >= 0.3 is 5.97 Å². The summed E-state index contributed by atoms with van der Waals surface area (Å²) in [6.07, 6.45) is 14.5. The van der Waals surface area contributed by atoms with Gasteiger partial charge in [0.2, 0.25) is 5.79 Å². The Balaban J connectivity index is 1.67. The maximum Gasteiger partial charge on any atom is 0.329 e. The number of carbonyl (C=O) groups excluding carboxylic acids is 4. The minimum atomic E-state index is -2.38. The SMILES string of the molecule is COC1CC2CCC(C)C(O)(O2)C(=O)C(=O)N2CCCCC2C(=O)OC(C(C)CC2CCC(O)C(OC)C2)CCC(C)/C=C(\C)C(O)C(OC)C(=O)C(C)CC(C)/C=C/C=C/C=C/1C. The summed E-state index contributed by atoms with van der Waals surface area (Å²) in [5, 5.41) is 33.9. The molecule has 0 aromatic heterocycles. The van der Waals surface area contributed by atoms with Crippen LogP contribution in [0.25, 0.3) is 0 Å². The third-order valence-corrected chi connectivity index (χ3v) is 14.5. The van der Waals surface area contributed by atoms with Gasteiger partial charge in [-0.15, -0.1) is 0 Å². The number of esters is 1. The fourth-order valence-corrected chi connectivity index (χ4v) is 10.3. The topological polar surface area (TPSA) is 178 Å². The molecule has 0 radical (unpaired) electrons. The molecule has 4 rings (SSSR count). The second kappa shape index (κ2) is 25.2. The number of cyclic esters (lactones) is 1. The number of ketones is 2. The number of nitrogens with zero attached hydrogens (tertiary/aromatic N) is 1. The summed E-state index contributed by atoms with van der Waals surface area (Å²) in [6.45, 7) is 13.6. The summed E-state index contributed by atoms with van der Waals surface area (Å²) in [5.41, 5.74) is 1.51. The molecular formula is C51H81NO12. The number of hydrogen-bond donors (Lipinski definition) is 3. The van der Waals surface area contributed by atoms with Crippen molar-refractivity contribution in [3.8, 4) is 0 Å². The highest BCUT2D eigenvalue weighted by Gasteiger charge is 2.53. The van der Waals surface area contributed by atoms with Crippen molar-refractivity contribution in [3.63, 3.8) is 0 Å². The molecule has 64 heavy (non-hydrogen) atoms. The molecule has 15 atom stereocenters. The maximum atomic E-state index is 14.4. The van der Waals surface area contributed by atoms with Crippen molar-refractivity contribution in [3.05, 3.63) is 47.6 Å². The molecule has 13 heteroatoms. The molecule has 2 bridgehead atoms. The molecule has 3 fully saturated rings. The van der Waals surface area contributed by atoms with E-state index in [4.69, 9.17) is 23.7 Å². The van der Waals surface area contributed by atoms with Gasteiger partial charge in [0, 0.05) is 46.1 Å². The molecule has 362 valence electrons. The average molecular weight is 900 g/mol. The second-order valence-corrected chi connectivity index (χ2v) is 19.7. The highest BCUT2D eigenvalue weighted by molar-refractivity contribution is 6.39. The van der Waals surface area contributed by atoms with Gasteiger partial charge in [-0.2, -0.15) is 0 Å². The molecular weight excluding hydrogens is 819 g/mol. The molecule has 0 aromatic carbocycles. The predicted octanol–water partition coefficient (Wildman–Crippen LogP) is 7.00. The van der Waals surface area contributed by atoms with Gasteiger partial charge < -0.3 is 43.9 Å². The fraction of sp³-hybridized carbons (Fsp3) is 0.765. The zero-order chi connectivity index (χ0) is 47.3. The fourth-order valence-electron chi connectivity index (χ4n) is 10.3. The Morgan fingerprint density at radius 1 is 0.812 bits per heavy atom. The van der Waals surface area contributed by atoms with Crippen LogP contribution in [0.3, 0.4) is 0 Å². The molecule has 3 aliphatic heterocycles. The molecule has 3 heterocycles. The van der Waals surface area contributed by atoms with Gasteiger partial charge in [0.05, 0.1) is 24.4 Å². The van der Waals surface area contributed by atoms with Crippen LogP contribution in [0.15, 0.2) is 47.6 Å². The lowest BCUT2D eigenvalue weighted by atomic mass is 9.78. The number of Topliss-reactive ketones (excluding diaryl/α,β-unsaturated/α-hetero) is 2. The third-order valence-electron chi connectivity index (χ3n) is 14.5. The molecule has 2 saturated heterocycles. The van der Waals surface area contributed by atoms with Crippen LogP contribution >= 0.6 is 0 Å². The highest BCUT2D eigenvalue weighted by Crippen LogP contribution is 2.38. The molecule has 3 N–H and O–H groups in total. The Morgan fingerprint density at radius 3 is 2.23 bits per heavy atom. The van der Waals surface area contributed by atoms with E-state index in [1.54, 1.807) is 28.1 Å². The average Bonchev–Trinajstić information content (AvgIpc) is 3.27. The van der Waals surface area contributed by atoms with Crippen LogP contribution in [0.4, 0.5) is 0 Å². The van der Waals surface area contributed by atoms with Crippen molar-refractivity contribution < 1.29 is 58.2 Å². The van der Waals surface area contributed by atoms with Crippen LogP contribution in [0, 0.1) is 35.5 Å². The number of aliphatic hydroxyl groups is 3. The van der Waals surface area contributed by atoms with Crippen LogP contribution in [-0.2, 0) is 42.9 Å². The lowest BCUT2D eigenvalue weighted by Crippen LogP contribution is -2.61. The van der Waals surface area contributed by atoms with E-state index in [0.717, 1.165) is 18.4 Å². The lowest BCUT2D eigenvalue weighted by Gasteiger charge is -2.42. The maximum absolute atomic E-state index is 14.4. The Labute approximate surface area is 383 Å². The number of methoxy groups -OCH3 is 3. The van der Waals surface area contributed by atoms with E-state index >= 15 is 0 Å². The molecule has 4 aliphatic rings. The summed E-state index contributed by atoms with van der Waals surface area (Å²) >= 11 is 0. The van der Waals surface area contributed by atoms with Gasteiger partial charge in [-0.1, -0.05) is 71.1 Å². The number of amides is 1. The molecule has 13 nitrogen and oxygen atoms in total. The first-order valence-electron chi connectivity index (χ1n) is 24.0. The number of rotatable bonds is 6. The van der Waals surface area contributed by atoms with E-state index in [1.165, 1.54) is 12.0 Å². The first-order chi connectivity index (χ1) is 30.3.